The van der Waals surface area contributed by atoms with Crippen molar-refractivity contribution in [3.63, 3.8) is 0 Å². The molecule has 1 aliphatic rings. The average molecular weight is 306 g/mol. The Labute approximate surface area is 135 Å². The van der Waals surface area contributed by atoms with Crippen LogP contribution in [-0.4, -0.2) is 16.8 Å². The summed E-state index contributed by atoms with van der Waals surface area (Å²) in [5.74, 6) is -0.0569. The van der Waals surface area contributed by atoms with E-state index in [2.05, 4.69) is 22.2 Å². The number of nitrogens with zero attached hydrogens (tertiary/aromatic N) is 4. The standard InChI is InChI=1S/C18H18N4O/c1-13(11-12-14-7-3-2-4-8-14)22-17(20-21-19)15-9-5-6-10-16(15)18(22)23/h2-10,13,17H,11-12H2,1H3/t13-,17+/m0/s1. The molecule has 0 radical (unpaired) electrons. The van der Waals surface area contributed by atoms with E-state index >= 15 is 0 Å². The van der Waals surface area contributed by atoms with Gasteiger partial charge in [-0.1, -0.05) is 53.6 Å². The van der Waals surface area contributed by atoms with E-state index in [1.165, 1.54) is 5.56 Å². The van der Waals surface area contributed by atoms with Crippen molar-refractivity contribution in [3.8, 4) is 0 Å². The molecule has 0 bridgehead atoms. The van der Waals surface area contributed by atoms with Gasteiger partial charge in [0.15, 0.2) is 0 Å². The topological polar surface area (TPSA) is 69.1 Å². The Morgan fingerprint density at radius 2 is 1.87 bits per heavy atom. The number of rotatable bonds is 5. The van der Waals surface area contributed by atoms with E-state index in [4.69, 9.17) is 5.53 Å². The molecule has 5 nitrogen and oxygen atoms in total. The maximum atomic E-state index is 12.7. The fourth-order valence-electron chi connectivity index (χ4n) is 3.08. The number of carbonyl (C=O) groups is 1. The Kier molecular flexibility index (Phi) is 4.31. The molecule has 0 fully saturated rings. The molecule has 0 saturated carbocycles. The third-order valence-corrected chi connectivity index (χ3v) is 4.30. The van der Waals surface area contributed by atoms with Crippen molar-refractivity contribution < 1.29 is 4.79 Å². The number of carbonyl (C=O) groups excluding carboxylic acids is 1. The van der Waals surface area contributed by atoms with Gasteiger partial charge in [0, 0.05) is 16.5 Å². The van der Waals surface area contributed by atoms with Crippen LogP contribution in [0.2, 0.25) is 0 Å². The molecule has 0 aliphatic carbocycles. The van der Waals surface area contributed by atoms with Gasteiger partial charge in [-0.25, -0.2) is 0 Å². The molecule has 3 rings (SSSR count). The van der Waals surface area contributed by atoms with Crippen molar-refractivity contribution >= 4 is 5.91 Å². The zero-order valence-corrected chi connectivity index (χ0v) is 13.0. The second kappa shape index (κ2) is 6.55. The van der Waals surface area contributed by atoms with Gasteiger partial charge in [-0.15, -0.1) is 0 Å². The smallest absolute Gasteiger partial charge is 0.255 e. The summed E-state index contributed by atoms with van der Waals surface area (Å²) in [5, 5.41) is 3.86. The molecule has 2 aromatic rings. The third kappa shape index (κ3) is 2.91. The third-order valence-electron chi connectivity index (χ3n) is 4.30. The normalized spacial score (nSPS) is 17.5. The molecule has 0 saturated heterocycles. The Bertz CT molecular complexity index is 753. The Morgan fingerprint density at radius 1 is 1.17 bits per heavy atom. The lowest BCUT2D eigenvalue weighted by Gasteiger charge is -2.28. The van der Waals surface area contributed by atoms with Crippen LogP contribution in [0, 0.1) is 0 Å². The molecule has 5 heteroatoms. The minimum Gasteiger partial charge on any atom is -0.323 e. The van der Waals surface area contributed by atoms with Gasteiger partial charge in [-0.05, 0) is 42.5 Å². The first-order valence-corrected chi connectivity index (χ1v) is 7.72. The molecule has 0 N–H and O–H groups in total. The highest BCUT2D eigenvalue weighted by Gasteiger charge is 2.38. The highest BCUT2D eigenvalue weighted by molar-refractivity contribution is 5.99. The van der Waals surface area contributed by atoms with Gasteiger partial charge in [0.25, 0.3) is 5.91 Å². The molecule has 1 heterocycles. The number of fused-ring (bicyclic) bond motifs is 1. The minimum absolute atomic E-state index is 0.00870. The van der Waals surface area contributed by atoms with Crippen LogP contribution < -0.4 is 0 Å². The number of amides is 1. The van der Waals surface area contributed by atoms with E-state index in [1.807, 2.05) is 43.3 Å². The highest BCUT2D eigenvalue weighted by Crippen LogP contribution is 2.36. The zero-order valence-electron chi connectivity index (χ0n) is 13.0. The van der Waals surface area contributed by atoms with E-state index in [-0.39, 0.29) is 11.9 Å². The summed E-state index contributed by atoms with van der Waals surface area (Å²) in [7, 11) is 0. The molecule has 23 heavy (non-hydrogen) atoms. The van der Waals surface area contributed by atoms with Gasteiger partial charge in [0.2, 0.25) is 0 Å². The summed E-state index contributed by atoms with van der Waals surface area (Å²) in [6.07, 6.45) is 1.15. The van der Waals surface area contributed by atoms with E-state index < -0.39 is 6.17 Å². The Balaban J connectivity index is 1.80. The molecular formula is C18H18N4O. The molecule has 0 spiro atoms. The summed E-state index contributed by atoms with van der Waals surface area (Å²) in [6, 6.07) is 17.5. The van der Waals surface area contributed by atoms with Gasteiger partial charge in [0.1, 0.15) is 6.17 Å². The number of azide groups is 1. The molecule has 0 aromatic heterocycles. The summed E-state index contributed by atoms with van der Waals surface area (Å²) < 4.78 is 0. The van der Waals surface area contributed by atoms with Crippen molar-refractivity contribution in [2.45, 2.75) is 32.0 Å². The predicted octanol–water partition coefficient (Wildman–Crippen LogP) is 4.47. The van der Waals surface area contributed by atoms with E-state index in [9.17, 15) is 4.79 Å². The lowest BCUT2D eigenvalue weighted by atomic mass is 10.1. The van der Waals surface area contributed by atoms with Gasteiger partial charge in [0.05, 0.1) is 0 Å². The first-order chi connectivity index (χ1) is 11.2. The van der Waals surface area contributed by atoms with E-state index in [0.717, 1.165) is 18.4 Å². The number of aryl methyl sites for hydroxylation is 1. The Hall–Kier alpha value is -2.78. The molecule has 2 aromatic carbocycles. The SMILES string of the molecule is C[C@@H](CCc1ccccc1)N1C(=O)c2ccccc2[C@@H]1N=[N+]=[N-]. The molecule has 0 unspecified atom stereocenters. The second-order valence-electron chi connectivity index (χ2n) is 5.75. The van der Waals surface area contributed by atoms with E-state index in [0.29, 0.717) is 5.56 Å². The summed E-state index contributed by atoms with van der Waals surface area (Å²) in [4.78, 5) is 17.3. The van der Waals surface area contributed by atoms with Gasteiger partial charge in [-0.3, -0.25) is 4.79 Å². The molecule has 116 valence electrons. The van der Waals surface area contributed by atoms with Crippen LogP contribution in [0.15, 0.2) is 59.7 Å². The summed E-state index contributed by atoms with van der Waals surface area (Å²) in [6.45, 7) is 2.01. The maximum Gasteiger partial charge on any atom is 0.255 e. The number of benzene rings is 2. The van der Waals surface area contributed by atoms with Crippen LogP contribution in [0.4, 0.5) is 0 Å². The maximum absolute atomic E-state index is 12.7. The van der Waals surface area contributed by atoms with Crippen molar-refractivity contribution in [3.05, 3.63) is 81.7 Å². The highest BCUT2D eigenvalue weighted by atomic mass is 16.2. The summed E-state index contributed by atoms with van der Waals surface area (Å²) in [5.41, 5.74) is 11.5. The monoisotopic (exact) mass is 306 g/mol. The molecular weight excluding hydrogens is 288 g/mol. The van der Waals surface area contributed by atoms with Crippen LogP contribution in [0.25, 0.3) is 10.4 Å². The lowest BCUT2D eigenvalue weighted by Crippen LogP contribution is -2.36. The average Bonchev–Trinajstić information content (AvgIpc) is 2.87. The summed E-state index contributed by atoms with van der Waals surface area (Å²) >= 11 is 0. The molecule has 1 amide bonds. The fraction of sp³-hybridized carbons (Fsp3) is 0.278. The van der Waals surface area contributed by atoms with Crippen LogP contribution in [-0.2, 0) is 6.42 Å². The number of hydrogen-bond acceptors (Lipinski definition) is 2. The van der Waals surface area contributed by atoms with Crippen LogP contribution in [0.5, 0.6) is 0 Å². The van der Waals surface area contributed by atoms with Gasteiger partial charge < -0.3 is 4.90 Å². The number of hydrogen-bond donors (Lipinski definition) is 0. The quantitative estimate of drug-likeness (QED) is 0.456. The molecule has 2 atom stereocenters. The second-order valence-corrected chi connectivity index (χ2v) is 5.75. The lowest BCUT2D eigenvalue weighted by molar-refractivity contribution is 0.0641. The van der Waals surface area contributed by atoms with Gasteiger partial charge in [-0.2, -0.15) is 0 Å². The van der Waals surface area contributed by atoms with Crippen molar-refractivity contribution in [2.24, 2.45) is 5.11 Å². The largest absolute Gasteiger partial charge is 0.323 e. The predicted molar refractivity (Wildman–Crippen MR) is 88.7 cm³/mol. The first-order valence-electron chi connectivity index (χ1n) is 7.72. The van der Waals surface area contributed by atoms with Crippen molar-refractivity contribution in [1.82, 2.24) is 4.90 Å². The van der Waals surface area contributed by atoms with Crippen LogP contribution in [0.3, 0.4) is 0 Å². The zero-order chi connectivity index (χ0) is 16.2. The van der Waals surface area contributed by atoms with E-state index in [1.54, 1.807) is 11.0 Å². The minimum atomic E-state index is -0.547. The Morgan fingerprint density at radius 3 is 2.61 bits per heavy atom. The van der Waals surface area contributed by atoms with Crippen molar-refractivity contribution in [2.75, 3.05) is 0 Å². The van der Waals surface area contributed by atoms with Gasteiger partial charge >= 0.3 is 0 Å². The van der Waals surface area contributed by atoms with Crippen LogP contribution in [0.1, 0.15) is 41.0 Å². The first kappa shape index (κ1) is 15.1. The van der Waals surface area contributed by atoms with Crippen molar-refractivity contribution in [1.29, 1.82) is 0 Å². The molecule has 1 aliphatic heterocycles. The fourth-order valence-corrected chi connectivity index (χ4v) is 3.08. The van der Waals surface area contributed by atoms with Crippen LogP contribution >= 0.6 is 0 Å².